The zero-order chi connectivity index (χ0) is 65.1. The molecule has 3 saturated heterocycles. The van der Waals surface area contributed by atoms with Crippen LogP contribution in [0.3, 0.4) is 0 Å². The standard InChI is InChI=1S/2C8H8F2.2C8H9F.C8H16.C8H14.C8H10.2C7H14O.C6H12O2/c1-5-3-7(9)6(2)8(10)4-5;1-5-3-4-6(2)8(10)7(5)9;2*1-6-3-4-7(2)8(9)5-6;3*1-7-3-5-8(2)6-4-7;2*1-6-3-4-7(2)8-5-6;1-5-3-7-6(2)8-4-5/h2*3-4H,1-2H3;2*3-5H,1-2H3;7-8H,3-6H2,1-2H3;3,8H,4-6H2,1-2H3;3-6H,1-2H3;2*6-7H,3-5H2,1-2H3;5-6H,3-4H2,1-2H3. The van der Waals surface area contributed by atoms with Crippen molar-refractivity contribution in [2.75, 3.05) is 26.4 Å². The van der Waals surface area contributed by atoms with Gasteiger partial charge in [-0.25, -0.2) is 26.3 Å². The number of allylic oxidation sites excluding steroid dienone is 2. The van der Waals surface area contributed by atoms with E-state index in [1.54, 1.807) is 50.6 Å². The average molecular weight is 1210 g/mol. The van der Waals surface area contributed by atoms with Gasteiger partial charge in [0.2, 0.25) is 0 Å². The molecule has 5 aliphatic rings. The van der Waals surface area contributed by atoms with E-state index < -0.39 is 23.3 Å². The molecule has 5 unspecified atom stereocenters. The van der Waals surface area contributed by atoms with E-state index in [1.807, 2.05) is 32.9 Å². The van der Waals surface area contributed by atoms with Crippen LogP contribution >= 0.6 is 0 Å². The van der Waals surface area contributed by atoms with Crippen molar-refractivity contribution in [1.29, 1.82) is 0 Å². The Morgan fingerprint density at radius 3 is 0.919 bits per heavy atom. The summed E-state index contributed by atoms with van der Waals surface area (Å²) < 4.78 is 96.7. The Labute approximate surface area is 519 Å². The molecule has 2 aliphatic carbocycles. The van der Waals surface area contributed by atoms with Crippen molar-refractivity contribution in [1.82, 2.24) is 0 Å². The molecule has 1 saturated carbocycles. The van der Waals surface area contributed by atoms with Crippen LogP contribution < -0.4 is 0 Å². The average Bonchev–Trinajstić information content (AvgIpc) is 3.60. The molecular formula is C76H114F6O4. The van der Waals surface area contributed by atoms with Gasteiger partial charge in [0.05, 0.1) is 25.4 Å². The van der Waals surface area contributed by atoms with Crippen molar-refractivity contribution in [2.45, 2.75) is 228 Å². The highest BCUT2D eigenvalue weighted by molar-refractivity contribution is 5.26. The second kappa shape index (κ2) is 43.8. The zero-order valence-electron chi connectivity index (χ0n) is 56.9. The molecule has 3 heterocycles. The third-order valence-corrected chi connectivity index (χ3v) is 15.7. The third-order valence-electron chi connectivity index (χ3n) is 15.7. The number of halogens is 6. The van der Waals surface area contributed by atoms with Gasteiger partial charge in [-0.15, -0.1) is 0 Å². The van der Waals surface area contributed by atoms with Crippen molar-refractivity contribution < 1.29 is 45.3 Å². The Morgan fingerprint density at radius 2 is 0.640 bits per heavy atom. The lowest BCUT2D eigenvalue weighted by atomic mass is 9.84. The van der Waals surface area contributed by atoms with Crippen LogP contribution in [0.15, 0.2) is 96.6 Å². The number of hydrogen-bond acceptors (Lipinski definition) is 4. The number of hydrogen-bond donors (Lipinski definition) is 0. The molecule has 0 aromatic heterocycles. The van der Waals surface area contributed by atoms with Gasteiger partial charge in [-0.05, 0) is 235 Å². The normalized spacial score (nSPS) is 22.8. The molecule has 0 radical (unpaired) electrons. The van der Waals surface area contributed by atoms with E-state index in [0.29, 0.717) is 45.9 Å². The molecule has 10 heteroatoms. The van der Waals surface area contributed by atoms with E-state index in [2.05, 4.69) is 107 Å². The van der Waals surface area contributed by atoms with Crippen molar-refractivity contribution >= 4 is 0 Å². The molecule has 86 heavy (non-hydrogen) atoms. The lowest BCUT2D eigenvalue weighted by Gasteiger charge is -2.24. The number of ether oxygens (including phenoxy) is 4. The van der Waals surface area contributed by atoms with Crippen LogP contribution in [0.25, 0.3) is 0 Å². The highest BCUT2D eigenvalue weighted by atomic mass is 19.2. The van der Waals surface area contributed by atoms with Crippen LogP contribution in [0.2, 0.25) is 0 Å². The van der Waals surface area contributed by atoms with Gasteiger partial charge in [0.25, 0.3) is 0 Å². The van der Waals surface area contributed by atoms with Gasteiger partial charge in [-0.1, -0.05) is 151 Å². The molecule has 0 N–H and O–H groups in total. The predicted molar refractivity (Wildman–Crippen MR) is 351 cm³/mol. The van der Waals surface area contributed by atoms with E-state index in [4.69, 9.17) is 18.9 Å². The Hall–Kier alpha value is -4.74. The molecule has 10 rings (SSSR count). The molecule has 3 aliphatic heterocycles. The maximum atomic E-state index is 12.6. The lowest BCUT2D eigenvalue weighted by Crippen LogP contribution is -2.27. The van der Waals surface area contributed by atoms with Gasteiger partial charge in [0, 0.05) is 24.7 Å². The summed E-state index contributed by atoms with van der Waals surface area (Å²) in [6, 6.07) is 24.7. The summed E-state index contributed by atoms with van der Waals surface area (Å²) in [6.07, 6.45) is 18.6. The van der Waals surface area contributed by atoms with E-state index in [0.717, 1.165) is 67.1 Å². The van der Waals surface area contributed by atoms with Gasteiger partial charge in [0.15, 0.2) is 17.9 Å². The maximum absolute atomic E-state index is 12.6. The van der Waals surface area contributed by atoms with Crippen LogP contribution in [-0.2, 0) is 18.9 Å². The van der Waals surface area contributed by atoms with Gasteiger partial charge < -0.3 is 18.9 Å². The topological polar surface area (TPSA) is 36.9 Å². The monoisotopic (exact) mass is 1200 g/mol. The Bertz CT molecular complexity index is 2380. The Kier molecular flexibility index (Phi) is 40.4. The first-order valence-corrected chi connectivity index (χ1v) is 31.8. The van der Waals surface area contributed by atoms with Gasteiger partial charge >= 0.3 is 0 Å². The smallest absolute Gasteiger partial charge is 0.161 e. The predicted octanol–water partition coefficient (Wildman–Crippen LogP) is 22.6. The minimum absolute atomic E-state index is 0.0196. The van der Waals surface area contributed by atoms with Gasteiger partial charge in [-0.3, -0.25) is 0 Å². The van der Waals surface area contributed by atoms with E-state index >= 15 is 0 Å². The summed E-state index contributed by atoms with van der Waals surface area (Å²) in [5, 5.41) is 0. The van der Waals surface area contributed by atoms with Gasteiger partial charge in [-0.2, -0.15) is 0 Å². The van der Waals surface area contributed by atoms with E-state index in [1.165, 1.54) is 127 Å². The summed E-state index contributed by atoms with van der Waals surface area (Å²) in [6.45, 7) is 43.4. The molecule has 0 amide bonds. The first kappa shape index (κ1) is 79.3. The minimum atomic E-state index is -0.736. The zero-order valence-corrected chi connectivity index (χ0v) is 56.9. The fourth-order valence-electron chi connectivity index (χ4n) is 8.79. The molecule has 5 aromatic carbocycles. The highest BCUT2D eigenvalue weighted by Gasteiger charge is 2.16. The van der Waals surface area contributed by atoms with Gasteiger partial charge in [0.1, 0.15) is 23.3 Å². The van der Waals surface area contributed by atoms with Crippen molar-refractivity contribution in [3.05, 3.63) is 187 Å². The molecule has 4 fully saturated rings. The maximum Gasteiger partial charge on any atom is 0.161 e. The van der Waals surface area contributed by atoms with Crippen molar-refractivity contribution in [3.8, 4) is 0 Å². The Morgan fingerprint density at radius 1 is 0.314 bits per heavy atom. The summed E-state index contributed by atoms with van der Waals surface area (Å²) in [4.78, 5) is 0. The molecule has 5 atom stereocenters. The lowest BCUT2D eigenvalue weighted by molar-refractivity contribution is -0.187. The molecule has 5 aromatic rings. The van der Waals surface area contributed by atoms with Crippen molar-refractivity contribution in [3.63, 3.8) is 0 Å². The largest absolute Gasteiger partial charge is 0.378 e. The molecule has 0 bridgehead atoms. The summed E-state index contributed by atoms with van der Waals surface area (Å²) >= 11 is 0. The number of aryl methyl sites for hydroxylation is 9. The summed E-state index contributed by atoms with van der Waals surface area (Å²) in [5.74, 6) is 2.50. The van der Waals surface area contributed by atoms with Crippen LogP contribution in [0, 0.1) is 140 Å². The quantitative estimate of drug-likeness (QED) is 0.114. The Balaban J connectivity index is 0.000000478. The molecule has 0 spiro atoms. The first-order chi connectivity index (χ1) is 40.4. The van der Waals surface area contributed by atoms with E-state index in [9.17, 15) is 26.3 Å². The summed E-state index contributed by atoms with van der Waals surface area (Å²) in [7, 11) is 0. The van der Waals surface area contributed by atoms with E-state index in [-0.39, 0.29) is 23.5 Å². The number of benzene rings is 5. The van der Waals surface area contributed by atoms with Crippen molar-refractivity contribution in [2.24, 2.45) is 35.5 Å². The highest BCUT2D eigenvalue weighted by Crippen LogP contribution is 2.27. The minimum Gasteiger partial charge on any atom is -0.378 e. The van der Waals surface area contributed by atoms with Crippen LogP contribution in [0.4, 0.5) is 26.3 Å². The second-order valence-electron chi connectivity index (χ2n) is 25.6. The number of rotatable bonds is 0. The molecule has 484 valence electrons. The second-order valence-corrected chi connectivity index (χ2v) is 25.6. The van der Waals surface area contributed by atoms with Crippen LogP contribution in [0.5, 0.6) is 0 Å². The fourth-order valence-corrected chi connectivity index (χ4v) is 8.79. The van der Waals surface area contributed by atoms with Crippen LogP contribution in [-0.4, -0.2) is 44.9 Å². The summed E-state index contributed by atoms with van der Waals surface area (Å²) in [5.41, 5.74) is 9.00. The first-order valence-electron chi connectivity index (χ1n) is 31.8. The SMILES string of the molecule is CC1=CCC(C)CC1.CC1CCC(C)CC1.CC1CCC(C)OC1.CC1CCC(C)OC1.CC1COC(C)OC1.Cc1cc(F)c(C)c(F)c1.Cc1ccc(C)c(F)c1.Cc1ccc(C)c(F)c1.Cc1ccc(C)c(F)c1F.Cc1ccc(C)cc1. The fraction of sp³-hybridized carbons (Fsp3) is 0.579. The van der Waals surface area contributed by atoms with Crippen LogP contribution in [0.1, 0.15) is 196 Å². The molecular weight excluding hydrogens is 1090 g/mol. The molecule has 4 nitrogen and oxygen atoms in total. The third kappa shape index (κ3) is 37.2.